The van der Waals surface area contributed by atoms with Crippen molar-refractivity contribution in [2.24, 2.45) is 5.41 Å². The molecule has 2 N–H and O–H groups in total. The SMILES string of the molecule is COc1ncc(Br)nc1N[C@@H]1CCCN(C(=O)O)C1C(C)(C)C. The molecule has 0 radical (unpaired) electrons. The molecular weight excluding hydrogens is 364 g/mol. The Balaban J connectivity index is 2.32. The molecule has 2 rings (SSSR count). The second-order valence-corrected chi connectivity index (χ2v) is 7.54. The lowest BCUT2D eigenvalue weighted by atomic mass is 9.77. The van der Waals surface area contributed by atoms with Crippen molar-refractivity contribution in [3.63, 3.8) is 0 Å². The van der Waals surface area contributed by atoms with Gasteiger partial charge in [-0.05, 0) is 34.2 Å². The second-order valence-electron chi connectivity index (χ2n) is 6.73. The molecule has 8 heteroatoms. The van der Waals surface area contributed by atoms with Gasteiger partial charge in [0.25, 0.3) is 5.88 Å². The van der Waals surface area contributed by atoms with E-state index in [2.05, 4.69) is 52.0 Å². The van der Waals surface area contributed by atoms with Crippen LogP contribution in [0.25, 0.3) is 0 Å². The van der Waals surface area contributed by atoms with E-state index >= 15 is 0 Å². The molecule has 2 heterocycles. The summed E-state index contributed by atoms with van der Waals surface area (Å²) < 4.78 is 5.85. The van der Waals surface area contributed by atoms with Crippen LogP contribution in [-0.4, -0.2) is 51.8 Å². The Hall–Kier alpha value is -1.57. The normalized spacial score (nSPS) is 21.9. The summed E-state index contributed by atoms with van der Waals surface area (Å²) in [5.41, 5.74) is -0.205. The Bertz CT molecular complexity index is 576. The Morgan fingerprint density at radius 1 is 1.52 bits per heavy atom. The maximum Gasteiger partial charge on any atom is 0.407 e. The van der Waals surface area contributed by atoms with Gasteiger partial charge in [0.15, 0.2) is 5.82 Å². The van der Waals surface area contributed by atoms with Crippen molar-refractivity contribution in [2.75, 3.05) is 19.0 Å². The van der Waals surface area contributed by atoms with E-state index in [1.54, 1.807) is 6.20 Å². The van der Waals surface area contributed by atoms with Crippen molar-refractivity contribution in [1.82, 2.24) is 14.9 Å². The van der Waals surface area contributed by atoms with E-state index < -0.39 is 6.09 Å². The van der Waals surface area contributed by atoms with Crippen LogP contribution >= 0.6 is 15.9 Å². The summed E-state index contributed by atoms with van der Waals surface area (Å²) in [6.45, 7) is 6.71. The zero-order chi connectivity index (χ0) is 17.2. The number of nitrogens with zero attached hydrogens (tertiary/aromatic N) is 3. The Morgan fingerprint density at radius 3 is 2.78 bits per heavy atom. The van der Waals surface area contributed by atoms with E-state index in [9.17, 15) is 9.90 Å². The van der Waals surface area contributed by atoms with Crippen LogP contribution < -0.4 is 10.1 Å². The highest BCUT2D eigenvalue weighted by molar-refractivity contribution is 9.10. The molecule has 23 heavy (non-hydrogen) atoms. The lowest BCUT2D eigenvalue weighted by Gasteiger charge is -2.47. The van der Waals surface area contributed by atoms with Crippen molar-refractivity contribution in [3.8, 4) is 5.88 Å². The van der Waals surface area contributed by atoms with Gasteiger partial charge in [-0.1, -0.05) is 20.8 Å². The summed E-state index contributed by atoms with van der Waals surface area (Å²) in [7, 11) is 1.54. The third-order valence-electron chi connectivity index (χ3n) is 3.99. The smallest absolute Gasteiger partial charge is 0.407 e. The van der Waals surface area contributed by atoms with Crippen LogP contribution in [0.2, 0.25) is 0 Å². The Kier molecular flexibility index (Phi) is 5.33. The van der Waals surface area contributed by atoms with Gasteiger partial charge >= 0.3 is 6.09 Å². The molecule has 1 fully saturated rings. The minimum atomic E-state index is -0.885. The van der Waals surface area contributed by atoms with Crippen LogP contribution in [0, 0.1) is 5.41 Å². The predicted molar refractivity (Wildman–Crippen MR) is 90.9 cm³/mol. The molecule has 128 valence electrons. The fraction of sp³-hybridized carbons (Fsp3) is 0.667. The fourth-order valence-electron chi connectivity index (χ4n) is 3.21. The number of halogens is 1. The number of carboxylic acid groups (broad SMARTS) is 1. The molecule has 7 nitrogen and oxygen atoms in total. The molecule has 2 atom stereocenters. The number of hydrogen-bond acceptors (Lipinski definition) is 5. The van der Waals surface area contributed by atoms with Crippen LogP contribution in [0.5, 0.6) is 5.88 Å². The topological polar surface area (TPSA) is 87.6 Å². The number of aromatic nitrogens is 2. The number of ether oxygens (including phenoxy) is 1. The van der Waals surface area contributed by atoms with Gasteiger partial charge in [-0.3, -0.25) is 0 Å². The Morgan fingerprint density at radius 2 is 2.22 bits per heavy atom. The minimum Gasteiger partial charge on any atom is -0.478 e. The third-order valence-corrected chi connectivity index (χ3v) is 4.37. The summed E-state index contributed by atoms with van der Waals surface area (Å²) in [4.78, 5) is 21.7. The van der Waals surface area contributed by atoms with Crippen LogP contribution in [0.15, 0.2) is 10.8 Å². The van der Waals surface area contributed by atoms with E-state index in [1.165, 1.54) is 12.0 Å². The highest BCUT2D eigenvalue weighted by Crippen LogP contribution is 2.35. The van der Waals surface area contributed by atoms with E-state index in [-0.39, 0.29) is 17.5 Å². The first-order chi connectivity index (χ1) is 10.7. The lowest BCUT2D eigenvalue weighted by Crippen LogP contribution is -2.58. The van der Waals surface area contributed by atoms with Crippen molar-refractivity contribution in [1.29, 1.82) is 0 Å². The lowest BCUT2D eigenvalue weighted by molar-refractivity contribution is 0.0518. The first kappa shape index (κ1) is 17.8. The van der Waals surface area contributed by atoms with Gasteiger partial charge < -0.3 is 20.1 Å². The fourth-order valence-corrected chi connectivity index (χ4v) is 3.49. The van der Waals surface area contributed by atoms with Crippen molar-refractivity contribution < 1.29 is 14.6 Å². The van der Waals surface area contributed by atoms with Crippen LogP contribution in [-0.2, 0) is 0 Å². The molecule has 0 aliphatic carbocycles. The largest absolute Gasteiger partial charge is 0.478 e. The molecule has 1 amide bonds. The summed E-state index contributed by atoms with van der Waals surface area (Å²) in [5.74, 6) is 0.918. The molecule has 1 aromatic rings. The van der Waals surface area contributed by atoms with Crippen LogP contribution in [0.4, 0.5) is 10.6 Å². The first-order valence-corrected chi connectivity index (χ1v) is 8.36. The molecule has 1 unspecified atom stereocenters. The molecule has 0 spiro atoms. The van der Waals surface area contributed by atoms with E-state index in [4.69, 9.17) is 4.74 Å². The van der Waals surface area contributed by atoms with Crippen molar-refractivity contribution in [2.45, 2.75) is 45.7 Å². The number of carbonyl (C=O) groups is 1. The minimum absolute atomic E-state index is 0.0580. The van der Waals surface area contributed by atoms with Gasteiger partial charge in [0, 0.05) is 12.6 Å². The average molecular weight is 387 g/mol. The zero-order valence-corrected chi connectivity index (χ0v) is 15.4. The summed E-state index contributed by atoms with van der Waals surface area (Å²) in [6.07, 6.45) is 2.35. The molecule has 0 bridgehead atoms. The molecule has 1 saturated heterocycles. The summed E-state index contributed by atoms with van der Waals surface area (Å²) in [6, 6.07) is -0.225. The predicted octanol–water partition coefficient (Wildman–Crippen LogP) is 3.22. The molecule has 1 aromatic heterocycles. The zero-order valence-electron chi connectivity index (χ0n) is 13.8. The molecule has 1 aliphatic rings. The number of piperidine rings is 1. The molecule has 0 aromatic carbocycles. The number of nitrogens with one attached hydrogen (secondary N) is 1. The van der Waals surface area contributed by atoms with Crippen LogP contribution in [0.3, 0.4) is 0 Å². The van der Waals surface area contributed by atoms with Gasteiger partial charge in [-0.2, -0.15) is 0 Å². The quantitative estimate of drug-likeness (QED) is 0.828. The maximum atomic E-state index is 11.6. The van der Waals surface area contributed by atoms with Gasteiger partial charge in [0.1, 0.15) is 4.60 Å². The molecule has 0 saturated carbocycles. The number of rotatable bonds is 3. The maximum absolute atomic E-state index is 11.6. The highest BCUT2D eigenvalue weighted by Gasteiger charge is 2.42. The number of likely N-dealkylation sites (tertiary alicyclic amines) is 1. The van der Waals surface area contributed by atoms with E-state index in [0.29, 0.717) is 22.8 Å². The number of methoxy groups -OCH3 is 1. The van der Waals surface area contributed by atoms with Gasteiger partial charge in [-0.15, -0.1) is 0 Å². The Labute approximate surface area is 144 Å². The molecular formula is C15H23BrN4O3. The van der Waals surface area contributed by atoms with E-state index in [0.717, 1.165) is 12.8 Å². The number of hydrogen-bond donors (Lipinski definition) is 2. The summed E-state index contributed by atoms with van der Waals surface area (Å²) in [5, 5.41) is 12.9. The van der Waals surface area contributed by atoms with Gasteiger partial charge in [-0.25, -0.2) is 14.8 Å². The van der Waals surface area contributed by atoms with Crippen molar-refractivity contribution >= 4 is 27.8 Å². The molecule has 1 aliphatic heterocycles. The van der Waals surface area contributed by atoms with Gasteiger partial charge in [0.2, 0.25) is 0 Å². The standard InChI is InChI=1S/C15H23BrN4O3/c1-15(2,3)11-9(6-5-7-20(11)14(21)22)18-12-13(23-4)17-8-10(16)19-12/h8-9,11H,5-7H2,1-4H3,(H,18,19)(H,21,22)/t9-,11?/m1/s1. The third kappa shape index (κ3) is 4.04. The van der Waals surface area contributed by atoms with Crippen LogP contribution in [0.1, 0.15) is 33.6 Å². The second kappa shape index (κ2) is 6.90. The van der Waals surface area contributed by atoms with E-state index in [1.807, 2.05) is 0 Å². The highest BCUT2D eigenvalue weighted by atomic mass is 79.9. The van der Waals surface area contributed by atoms with Gasteiger partial charge in [0.05, 0.1) is 19.3 Å². The summed E-state index contributed by atoms with van der Waals surface area (Å²) >= 11 is 3.31. The number of amides is 1. The number of anilines is 1. The first-order valence-electron chi connectivity index (χ1n) is 7.56. The average Bonchev–Trinajstić information content (AvgIpc) is 2.46. The van der Waals surface area contributed by atoms with Crippen molar-refractivity contribution in [3.05, 3.63) is 10.8 Å². The monoisotopic (exact) mass is 386 g/mol.